The number of benzene rings is 1. The third-order valence-electron chi connectivity index (χ3n) is 3.24. The molecule has 1 heterocycles. The average molecular weight is 263 g/mol. The highest BCUT2D eigenvalue weighted by Gasteiger charge is 2.27. The van der Waals surface area contributed by atoms with Crippen LogP contribution >= 0.6 is 0 Å². The van der Waals surface area contributed by atoms with E-state index in [1.165, 1.54) is 0 Å². The van der Waals surface area contributed by atoms with Gasteiger partial charge in [-0.05, 0) is 17.5 Å². The third kappa shape index (κ3) is 3.12. The molecule has 0 aromatic heterocycles. The van der Waals surface area contributed by atoms with E-state index in [1.54, 1.807) is 6.92 Å². The van der Waals surface area contributed by atoms with E-state index in [-0.39, 0.29) is 12.5 Å². The predicted octanol–water partition coefficient (Wildman–Crippen LogP) is 1.14. The first kappa shape index (κ1) is 13.5. The van der Waals surface area contributed by atoms with Crippen LogP contribution in [0, 0.1) is 5.92 Å². The second kappa shape index (κ2) is 5.84. The number of amides is 1. The lowest BCUT2D eigenvalue weighted by molar-refractivity contribution is -0.141. The van der Waals surface area contributed by atoms with E-state index < -0.39 is 18.0 Å². The Morgan fingerprint density at radius 2 is 2.21 bits per heavy atom. The van der Waals surface area contributed by atoms with Crippen LogP contribution in [0.3, 0.4) is 0 Å². The van der Waals surface area contributed by atoms with Gasteiger partial charge in [0.1, 0.15) is 0 Å². The maximum atomic E-state index is 12.1. The monoisotopic (exact) mass is 263 g/mol. The summed E-state index contributed by atoms with van der Waals surface area (Å²) in [5.74, 6) is -1.81. The largest absolute Gasteiger partial charge is 0.481 e. The maximum Gasteiger partial charge on any atom is 0.308 e. The summed E-state index contributed by atoms with van der Waals surface area (Å²) in [6.45, 7) is 2.16. The van der Waals surface area contributed by atoms with Crippen LogP contribution in [-0.2, 0) is 20.7 Å². The third-order valence-corrected chi connectivity index (χ3v) is 3.24. The molecule has 0 spiro atoms. The van der Waals surface area contributed by atoms with Crippen LogP contribution in [0.25, 0.3) is 0 Å². The fourth-order valence-corrected chi connectivity index (χ4v) is 2.04. The van der Waals surface area contributed by atoms with Gasteiger partial charge in [-0.25, -0.2) is 0 Å². The molecule has 0 saturated carbocycles. The molecule has 2 atom stereocenters. The second-order valence-electron chi connectivity index (χ2n) is 4.68. The normalized spacial score (nSPS) is 19.3. The molecule has 1 amide bonds. The number of carbonyl (C=O) groups is 2. The number of nitrogens with one attached hydrogen (secondary N) is 1. The minimum Gasteiger partial charge on any atom is -0.481 e. The molecule has 1 aromatic carbocycles. The zero-order valence-electron chi connectivity index (χ0n) is 10.8. The van der Waals surface area contributed by atoms with E-state index in [9.17, 15) is 9.59 Å². The van der Waals surface area contributed by atoms with Crippen molar-refractivity contribution >= 4 is 11.9 Å². The van der Waals surface area contributed by atoms with Gasteiger partial charge in [-0.1, -0.05) is 31.2 Å². The van der Waals surface area contributed by atoms with Crippen LogP contribution in [0.1, 0.15) is 24.2 Å². The van der Waals surface area contributed by atoms with Crippen LogP contribution in [0.2, 0.25) is 0 Å². The first-order chi connectivity index (χ1) is 9.09. The number of rotatable bonds is 4. The Kier molecular flexibility index (Phi) is 4.16. The molecule has 0 saturated heterocycles. The molecule has 5 nitrogen and oxygen atoms in total. The van der Waals surface area contributed by atoms with Crippen molar-refractivity contribution in [1.82, 2.24) is 5.32 Å². The smallest absolute Gasteiger partial charge is 0.308 e. The quantitative estimate of drug-likeness (QED) is 0.854. The molecule has 1 aliphatic rings. The number of carboxylic acid groups (broad SMARTS) is 1. The fourth-order valence-electron chi connectivity index (χ4n) is 2.04. The van der Waals surface area contributed by atoms with Crippen LogP contribution in [-0.4, -0.2) is 30.1 Å². The lowest BCUT2D eigenvalue weighted by Crippen LogP contribution is -2.37. The van der Waals surface area contributed by atoms with E-state index in [0.29, 0.717) is 6.61 Å². The van der Waals surface area contributed by atoms with Crippen molar-refractivity contribution in [3.63, 3.8) is 0 Å². The number of aliphatic carboxylic acids is 1. The molecule has 5 heteroatoms. The number of fused-ring (bicyclic) bond motifs is 1. The zero-order valence-corrected chi connectivity index (χ0v) is 10.8. The number of ether oxygens (including phenoxy) is 1. The van der Waals surface area contributed by atoms with Gasteiger partial charge in [-0.2, -0.15) is 0 Å². The molecule has 19 heavy (non-hydrogen) atoms. The van der Waals surface area contributed by atoms with Gasteiger partial charge in [-0.3, -0.25) is 9.59 Å². The van der Waals surface area contributed by atoms with E-state index in [2.05, 4.69) is 5.32 Å². The molecule has 1 aromatic rings. The Hall–Kier alpha value is -1.88. The molecule has 1 aliphatic heterocycles. The van der Waals surface area contributed by atoms with Crippen molar-refractivity contribution in [1.29, 1.82) is 0 Å². The minimum absolute atomic E-state index is 0.107. The maximum absolute atomic E-state index is 12.1. The van der Waals surface area contributed by atoms with Gasteiger partial charge < -0.3 is 15.2 Å². The van der Waals surface area contributed by atoms with Crippen molar-refractivity contribution < 1.29 is 19.4 Å². The first-order valence-electron chi connectivity index (χ1n) is 6.29. The molecule has 102 valence electrons. The number of carbonyl (C=O) groups excluding carboxylic acids is 1. The number of hydrogen-bond donors (Lipinski definition) is 2. The number of hydrogen-bond acceptors (Lipinski definition) is 3. The van der Waals surface area contributed by atoms with Crippen molar-refractivity contribution in [3.05, 3.63) is 35.4 Å². The van der Waals surface area contributed by atoms with Crippen molar-refractivity contribution in [2.45, 2.75) is 19.4 Å². The second-order valence-corrected chi connectivity index (χ2v) is 4.68. The first-order valence-corrected chi connectivity index (χ1v) is 6.29. The Labute approximate surface area is 111 Å². The lowest BCUT2D eigenvalue weighted by atomic mass is 9.97. The molecule has 2 rings (SSSR count). The Bertz CT molecular complexity index is 486. The molecular formula is C14H17NO4. The highest BCUT2D eigenvalue weighted by molar-refractivity contribution is 5.83. The highest BCUT2D eigenvalue weighted by Crippen LogP contribution is 2.26. The summed E-state index contributed by atoms with van der Waals surface area (Å²) in [7, 11) is 0. The van der Waals surface area contributed by atoms with Crippen LogP contribution in [0.15, 0.2) is 24.3 Å². The SMILES string of the molecule is CC(CNC(=O)C1OCCc2ccccc21)C(=O)O. The summed E-state index contributed by atoms with van der Waals surface area (Å²) in [6.07, 6.45) is 0.164. The minimum atomic E-state index is -0.926. The summed E-state index contributed by atoms with van der Waals surface area (Å²) >= 11 is 0. The molecule has 2 unspecified atom stereocenters. The summed E-state index contributed by atoms with van der Waals surface area (Å²) in [4.78, 5) is 22.8. The summed E-state index contributed by atoms with van der Waals surface area (Å²) in [6, 6.07) is 7.66. The van der Waals surface area contributed by atoms with E-state index in [0.717, 1.165) is 17.5 Å². The molecule has 0 fully saturated rings. The number of carboxylic acids is 1. The predicted molar refractivity (Wildman–Crippen MR) is 68.6 cm³/mol. The van der Waals surface area contributed by atoms with Gasteiger partial charge in [0.05, 0.1) is 12.5 Å². The van der Waals surface area contributed by atoms with Crippen molar-refractivity contribution in [2.75, 3.05) is 13.2 Å². The Morgan fingerprint density at radius 1 is 1.47 bits per heavy atom. The Morgan fingerprint density at radius 3 is 2.95 bits per heavy atom. The van der Waals surface area contributed by atoms with Crippen LogP contribution in [0.5, 0.6) is 0 Å². The fraction of sp³-hybridized carbons (Fsp3) is 0.429. The van der Waals surface area contributed by atoms with Crippen molar-refractivity contribution in [2.24, 2.45) is 5.92 Å². The van der Waals surface area contributed by atoms with Crippen LogP contribution in [0.4, 0.5) is 0 Å². The molecule has 0 bridgehead atoms. The Balaban J connectivity index is 2.03. The van der Waals surface area contributed by atoms with E-state index in [4.69, 9.17) is 9.84 Å². The topological polar surface area (TPSA) is 75.6 Å². The standard InChI is InChI=1S/C14H17NO4/c1-9(14(17)18)8-15-13(16)12-11-5-3-2-4-10(11)6-7-19-12/h2-5,9,12H,6-8H2,1H3,(H,15,16)(H,17,18). The molecular weight excluding hydrogens is 246 g/mol. The summed E-state index contributed by atoms with van der Waals surface area (Å²) < 4.78 is 5.50. The summed E-state index contributed by atoms with van der Waals surface area (Å²) in [5.41, 5.74) is 1.98. The summed E-state index contributed by atoms with van der Waals surface area (Å²) in [5, 5.41) is 11.4. The van der Waals surface area contributed by atoms with Gasteiger partial charge in [0, 0.05) is 6.54 Å². The van der Waals surface area contributed by atoms with E-state index >= 15 is 0 Å². The van der Waals surface area contributed by atoms with Gasteiger partial charge in [0.2, 0.25) is 0 Å². The van der Waals surface area contributed by atoms with E-state index in [1.807, 2.05) is 24.3 Å². The lowest BCUT2D eigenvalue weighted by Gasteiger charge is -2.25. The molecule has 2 N–H and O–H groups in total. The average Bonchev–Trinajstić information content (AvgIpc) is 2.43. The highest BCUT2D eigenvalue weighted by atomic mass is 16.5. The molecule has 0 radical (unpaired) electrons. The van der Waals surface area contributed by atoms with Crippen LogP contribution < -0.4 is 5.32 Å². The van der Waals surface area contributed by atoms with Gasteiger partial charge in [0.15, 0.2) is 6.10 Å². The zero-order chi connectivity index (χ0) is 13.8. The van der Waals surface area contributed by atoms with Crippen molar-refractivity contribution in [3.8, 4) is 0 Å². The molecule has 0 aliphatic carbocycles. The van der Waals surface area contributed by atoms with Gasteiger partial charge in [0.25, 0.3) is 5.91 Å². The van der Waals surface area contributed by atoms with Gasteiger partial charge >= 0.3 is 5.97 Å². The van der Waals surface area contributed by atoms with Gasteiger partial charge in [-0.15, -0.1) is 0 Å².